The Labute approximate surface area is 77.2 Å². The van der Waals surface area contributed by atoms with Crippen molar-refractivity contribution in [1.29, 1.82) is 0 Å². The van der Waals surface area contributed by atoms with Gasteiger partial charge >= 0.3 is 6.09 Å². The number of rotatable bonds is 2. The third-order valence-corrected chi connectivity index (χ3v) is 2.11. The van der Waals surface area contributed by atoms with Crippen LogP contribution in [-0.2, 0) is 4.74 Å². The fraction of sp³-hybridized carbons (Fsp3) is 0.444. The number of ether oxygens (including phenoxy) is 1. The topological polar surface area (TPSA) is 78.3 Å². The molecule has 2 unspecified atom stereocenters. The number of hydrogen-bond donors (Lipinski definition) is 2. The Morgan fingerprint density at radius 1 is 1.62 bits per heavy atom. The highest BCUT2D eigenvalue weighted by atomic mass is 16.6. The van der Waals surface area contributed by atoms with Crippen LogP contribution in [0, 0.1) is 5.92 Å². The third kappa shape index (κ3) is 2.09. The molecule has 4 heteroatoms. The van der Waals surface area contributed by atoms with Crippen LogP contribution in [0.4, 0.5) is 4.79 Å². The summed E-state index contributed by atoms with van der Waals surface area (Å²) in [6.45, 7) is 1.97. The first-order valence-electron chi connectivity index (χ1n) is 4.22. The maximum Gasteiger partial charge on any atom is 0.406 e. The van der Waals surface area contributed by atoms with Gasteiger partial charge in [-0.25, -0.2) is 4.79 Å². The lowest BCUT2D eigenvalue weighted by atomic mass is 9.89. The molecule has 4 N–H and O–H groups in total. The van der Waals surface area contributed by atoms with Crippen LogP contribution in [0.15, 0.2) is 24.3 Å². The van der Waals surface area contributed by atoms with Crippen molar-refractivity contribution in [2.45, 2.75) is 19.1 Å². The minimum atomic E-state index is -1.07. The molecular weight excluding hydrogens is 168 g/mol. The van der Waals surface area contributed by atoms with E-state index in [1.807, 2.05) is 19.1 Å². The highest BCUT2D eigenvalue weighted by Crippen LogP contribution is 2.25. The van der Waals surface area contributed by atoms with Crippen molar-refractivity contribution >= 4 is 6.09 Å². The smallest absolute Gasteiger partial charge is 0.406 e. The van der Waals surface area contributed by atoms with Crippen molar-refractivity contribution in [3.05, 3.63) is 24.3 Å². The van der Waals surface area contributed by atoms with Crippen LogP contribution in [0.2, 0.25) is 0 Å². The molecule has 0 saturated carbocycles. The van der Waals surface area contributed by atoms with E-state index in [0.29, 0.717) is 0 Å². The van der Waals surface area contributed by atoms with E-state index in [1.165, 1.54) is 0 Å². The zero-order valence-electron chi connectivity index (χ0n) is 7.57. The Balaban J connectivity index is 2.79. The number of nitrogens with two attached hydrogens (primary N) is 2. The molecule has 0 saturated heterocycles. The van der Waals surface area contributed by atoms with Gasteiger partial charge in [-0.3, -0.25) is 5.73 Å². The van der Waals surface area contributed by atoms with E-state index in [9.17, 15) is 4.79 Å². The maximum absolute atomic E-state index is 10.6. The molecule has 1 amide bonds. The normalized spacial score (nSPS) is 31.7. The molecule has 0 aliphatic heterocycles. The molecule has 4 nitrogen and oxygen atoms in total. The second-order valence-corrected chi connectivity index (χ2v) is 3.03. The van der Waals surface area contributed by atoms with Gasteiger partial charge in [0.1, 0.15) is 0 Å². The summed E-state index contributed by atoms with van der Waals surface area (Å²) in [4.78, 5) is 10.6. The summed E-state index contributed by atoms with van der Waals surface area (Å²) >= 11 is 0. The van der Waals surface area contributed by atoms with Crippen LogP contribution in [0.3, 0.4) is 0 Å². The molecule has 0 spiro atoms. The zero-order chi connectivity index (χ0) is 9.90. The quantitative estimate of drug-likeness (QED) is 0.622. The lowest BCUT2D eigenvalue weighted by Gasteiger charge is -2.32. The Kier molecular flexibility index (Phi) is 2.72. The van der Waals surface area contributed by atoms with Crippen molar-refractivity contribution in [2.24, 2.45) is 17.4 Å². The van der Waals surface area contributed by atoms with E-state index in [1.54, 1.807) is 12.2 Å². The summed E-state index contributed by atoms with van der Waals surface area (Å²) in [5, 5.41) is 0. The predicted octanol–water partition coefficient (Wildman–Crippen LogP) is 0.889. The Morgan fingerprint density at radius 3 is 2.85 bits per heavy atom. The van der Waals surface area contributed by atoms with Crippen LogP contribution in [0.1, 0.15) is 13.3 Å². The van der Waals surface area contributed by atoms with E-state index in [4.69, 9.17) is 16.2 Å². The average molecular weight is 182 g/mol. The van der Waals surface area contributed by atoms with E-state index in [-0.39, 0.29) is 5.92 Å². The number of amides is 1. The number of primary amides is 1. The molecule has 1 rings (SSSR count). The summed E-state index contributed by atoms with van der Waals surface area (Å²) in [5.41, 5.74) is 9.71. The summed E-state index contributed by atoms with van der Waals surface area (Å²) < 4.78 is 4.86. The minimum absolute atomic E-state index is 0.00926. The second kappa shape index (κ2) is 3.62. The van der Waals surface area contributed by atoms with Crippen LogP contribution < -0.4 is 11.5 Å². The molecule has 0 bridgehead atoms. The largest absolute Gasteiger partial charge is 0.424 e. The first kappa shape index (κ1) is 9.80. The van der Waals surface area contributed by atoms with Gasteiger partial charge in [0, 0.05) is 5.92 Å². The van der Waals surface area contributed by atoms with Crippen molar-refractivity contribution < 1.29 is 9.53 Å². The van der Waals surface area contributed by atoms with Crippen molar-refractivity contribution in [2.75, 3.05) is 0 Å². The molecule has 0 fully saturated rings. The first-order chi connectivity index (χ1) is 6.08. The number of hydrogen-bond acceptors (Lipinski definition) is 3. The van der Waals surface area contributed by atoms with Gasteiger partial charge in [-0.2, -0.15) is 0 Å². The van der Waals surface area contributed by atoms with E-state index in [2.05, 4.69) is 0 Å². The summed E-state index contributed by atoms with van der Waals surface area (Å²) in [5.74, 6) is -0.00926. The second-order valence-electron chi connectivity index (χ2n) is 3.03. The van der Waals surface area contributed by atoms with Crippen molar-refractivity contribution in [3.63, 3.8) is 0 Å². The van der Waals surface area contributed by atoms with Gasteiger partial charge in [0.2, 0.25) is 0 Å². The fourth-order valence-electron chi connectivity index (χ4n) is 1.42. The minimum Gasteiger partial charge on any atom is -0.424 e. The summed E-state index contributed by atoms with van der Waals surface area (Å²) in [7, 11) is 0. The number of allylic oxidation sites excluding steroid dienone is 2. The highest BCUT2D eigenvalue weighted by molar-refractivity contribution is 5.65. The maximum atomic E-state index is 10.6. The van der Waals surface area contributed by atoms with E-state index >= 15 is 0 Å². The molecule has 0 aromatic rings. The monoisotopic (exact) mass is 182 g/mol. The SMILES string of the molecule is CCC1C=CC=CC1(N)OC(N)=O. The van der Waals surface area contributed by atoms with Gasteiger partial charge in [-0.05, 0) is 12.5 Å². The first-order valence-corrected chi connectivity index (χ1v) is 4.22. The van der Waals surface area contributed by atoms with Crippen molar-refractivity contribution in [1.82, 2.24) is 0 Å². The van der Waals surface area contributed by atoms with Gasteiger partial charge in [-0.15, -0.1) is 0 Å². The van der Waals surface area contributed by atoms with Gasteiger partial charge in [0.15, 0.2) is 5.72 Å². The zero-order valence-corrected chi connectivity index (χ0v) is 7.57. The lowest BCUT2D eigenvalue weighted by Crippen LogP contribution is -2.50. The fourth-order valence-corrected chi connectivity index (χ4v) is 1.42. The van der Waals surface area contributed by atoms with Crippen LogP contribution in [0.5, 0.6) is 0 Å². The van der Waals surface area contributed by atoms with Crippen molar-refractivity contribution in [3.8, 4) is 0 Å². The van der Waals surface area contributed by atoms with Crippen LogP contribution in [0.25, 0.3) is 0 Å². The van der Waals surface area contributed by atoms with E-state index in [0.717, 1.165) is 6.42 Å². The van der Waals surface area contributed by atoms with E-state index < -0.39 is 11.8 Å². The molecule has 0 heterocycles. The number of carbonyl (C=O) groups is 1. The van der Waals surface area contributed by atoms with Crippen LogP contribution in [-0.4, -0.2) is 11.8 Å². The average Bonchev–Trinajstić information content (AvgIpc) is 2.03. The molecule has 0 aromatic heterocycles. The summed E-state index contributed by atoms with van der Waals surface area (Å²) in [6.07, 6.45) is 7.12. The molecule has 0 radical (unpaired) electrons. The third-order valence-electron chi connectivity index (χ3n) is 2.11. The van der Waals surface area contributed by atoms with Gasteiger partial charge in [-0.1, -0.05) is 25.2 Å². The molecule has 0 aromatic carbocycles. The standard InChI is InChI=1S/C9H14N2O2/c1-2-7-5-3-4-6-9(7,11)13-8(10)12/h3-7H,2,11H2,1H3,(H2,10,12). The van der Waals surface area contributed by atoms with Gasteiger partial charge in [0.05, 0.1) is 0 Å². The molecule has 1 aliphatic rings. The van der Waals surface area contributed by atoms with Gasteiger partial charge < -0.3 is 10.5 Å². The predicted molar refractivity (Wildman–Crippen MR) is 49.6 cm³/mol. The summed E-state index contributed by atoms with van der Waals surface area (Å²) in [6, 6.07) is 0. The Hall–Kier alpha value is -1.29. The van der Waals surface area contributed by atoms with Crippen LogP contribution >= 0.6 is 0 Å². The van der Waals surface area contributed by atoms with Gasteiger partial charge in [0.25, 0.3) is 0 Å². The Bertz CT molecular complexity index is 260. The molecule has 72 valence electrons. The lowest BCUT2D eigenvalue weighted by molar-refractivity contribution is 0.0253. The molecule has 2 atom stereocenters. The molecule has 1 aliphatic carbocycles. The Morgan fingerprint density at radius 2 is 2.31 bits per heavy atom. The highest BCUT2D eigenvalue weighted by Gasteiger charge is 2.34. The molecular formula is C9H14N2O2. The molecule has 13 heavy (non-hydrogen) atoms. The number of carbonyl (C=O) groups excluding carboxylic acids is 1.